The molecule has 3 heterocycles. The number of hydrogen-bond donors (Lipinski definition) is 0. The average Bonchev–Trinajstić information content (AvgIpc) is 3.21. The Kier molecular flexibility index (Phi) is 4.62. The maximum absolute atomic E-state index is 12.7. The van der Waals surface area contributed by atoms with Crippen LogP contribution >= 0.6 is 0 Å². The molecule has 144 valence electrons. The van der Waals surface area contributed by atoms with Gasteiger partial charge in [-0.25, -0.2) is 16.8 Å². The molecule has 0 unspecified atom stereocenters. The molecule has 0 N–H and O–H groups in total. The Morgan fingerprint density at radius 3 is 2.50 bits per heavy atom. The molecule has 0 saturated carbocycles. The molecule has 3 aliphatic rings. The third kappa shape index (κ3) is 3.55. The van der Waals surface area contributed by atoms with Crippen LogP contribution in [0.15, 0.2) is 18.2 Å². The van der Waals surface area contributed by atoms with Gasteiger partial charge in [0.25, 0.3) is 0 Å². The van der Waals surface area contributed by atoms with E-state index in [2.05, 4.69) is 4.90 Å². The van der Waals surface area contributed by atoms with Crippen molar-refractivity contribution in [3.8, 4) is 11.5 Å². The third-order valence-corrected chi connectivity index (χ3v) is 9.45. The third-order valence-electron chi connectivity index (χ3n) is 5.15. The standard InChI is InChI=1S/C16H22N2O6S2/c19-25(20)8-3-14(11-25)26(21,22)18-6-4-17(5-7-18)10-13-1-2-15-16(9-13)24-12-23-15/h1-2,9,14H,3-8,10-12H2/t14-/m0/s1. The molecular weight excluding hydrogens is 380 g/mol. The summed E-state index contributed by atoms with van der Waals surface area (Å²) in [7, 11) is -6.76. The van der Waals surface area contributed by atoms with Crippen LogP contribution in [0.4, 0.5) is 0 Å². The summed E-state index contributed by atoms with van der Waals surface area (Å²) in [5.74, 6) is 1.22. The molecule has 3 aliphatic heterocycles. The van der Waals surface area contributed by atoms with E-state index in [1.165, 1.54) is 4.31 Å². The number of piperazine rings is 1. The molecule has 0 spiro atoms. The van der Waals surface area contributed by atoms with E-state index < -0.39 is 25.1 Å². The lowest BCUT2D eigenvalue weighted by Crippen LogP contribution is -2.50. The summed E-state index contributed by atoms with van der Waals surface area (Å²) in [6.07, 6.45) is 0.210. The van der Waals surface area contributed by atoms with Gasteiger partial charge in [-0.1, -0.05) is 6.07 Å². The fraction of sp³-hybridized carbons (Fsp3) is 0.625. The monoisotopic (exact) mass is 402 g/mol. The van der Waals surface area contributed by atoms with Crippen molar-refractivity contribution in [2.24, 2.45) is 0 Å². The Labute approximate surface area is 153 Å². The Balaban J connectivity index is 1.35. The molecule has 0 aliphatic carbocycles. The minimum Gasteiger partial charge on any atom is -0.454 e. The van der Waals surface area contributed by atoms with Gasteiger partial charge >= 0.3 is 0 Å². The highest BCUT2D eigenvalue weighted by Gasteiger charge is 2.41. The molecule has 0 aromatic heterocycles. The highest BCUT2D eigenvalue weighted by atomic mass is 32.2. The first-order chi connectivity index (χ1) is 12.3. The lowest BCUT2D eigenvalue weighted by atomic mass is 10.2. The molecule has 8 nitrogen and oxygen atoms in total. The zero-order valence-electron chi connectivity index (χ0n) is 14.3. The van der Waals surface area contributed by atoms with E-state index in [9.17, 15) is 16.8 Å². The topological polar surface area (TPSA) is 93.2 Å². The van der Waals surface area contributed by atoms with E-state index in [-0.39, 0.29) is 24.7 Å². The van der Waals surface area contributed by atoms with E-state index in [0.717, 1.165) is 17.1 Å². The van der Waals surface area contributed by atoms with Crippen molar-refractivity contribution in [2.75, 3.05) is 44.5 Å². The first kappa shape index (κ1) is 18.0. The fourth-order valence-electron chi connectivity index (χ4n) is 3.65. The maximum Gasteiger partial charge on any atom is 0.231 e. The van der Waals surface area contributed by atoms with Gasteiger partial charge in [0.05, 0.1) is 16.8 Å². The van der Waals surface area contributed by atoms with Crippen molar-refractivity contribution < 1.29 is 26.3 Å². The van der Waals surface area contributed by atoms with Gasteiger partial charge in [0.15, 0.2) is 21.3 Å². The number of ether oxygens (including phenoxy) is 2. The lowest BCUT2D eigenvalue weighted by Gasteiger charge is -2.35. The van der Waals surface area contributed by atoms with Crippen LogP contribution in [0.2, 0.25) is 0 Å². The normalized spacial score (nSPS) is 26.2. The van der Waals surface area contributed by atoms with Crippen LogP contribution in [-0.4, -0.2) is 75.8 Å². The largest absolute Gasteiger partial charge is 0.454 e. The van der Waals surface area contributed by atoms with Crippen LogP contribution in [0.25, 0.3) is 0 Å². The summed E-state index contributed by atoms with van der Waals surface area (Å²) in [6, 6.07) is 5.83. The minimum absolute atomic E-state index is 0.0268. The van der Waals surface area contributed by atoms with Crippen molar-refractivity contribution in [3.05, 3.63) is 23.8 Å². The highest BCUT2D eigenvalue weighted by Crippen LogP contribution is 2.33. The zero-order valence-corrected chi connectivity index (χ0v) is 16.0. The van der Waals surface area contributed by atoms with Crippen molar-refractivity contribution in [3.63, 3.8) is 0 Å². The quantitative estimate of drug-likeness (QED) is 0.702. The summed E-state index contributed by atoms with van der Waals surface area (Å²) < 4.78 is 60.7. The predicted molar refractivity (Wildman–Crippen MR) is 95.4 cm³/mol. The number of hydrogen-bond acceptors (Lipinski definition) is 7. The zero-order chi connectivity index (χ0) is 18.4. The van der Waals surface area contributed by atoms with E-state index in [4.69, 9.17) is 9.47 Å². The smallest absolute Gasteiger partial charge is 0.231 e. The van der Waals surface area contributed by atoms with Gasteiger partial charge in [0, 0.05) is 32.7 Å². The summed E-state index contributed by atoms with van der Waals surface area (Å²) in [4.78, 5) is 2.19. The number of fused-ring (bicyclic) bond motifs is 1. The van der Waals surface area contributed by atoms with E-state index in [1.807, 2.05) is 18.2 Å². The number of sulfone groups is 1. The minimum atomic E-state index is -3.55. The Morgan fingerprint density at radius 2 is 1.81 bits per heavy atom. The van der Waals surface area contributed by atoms with Gasteiger partial charge in [-0.2, -0.15) is 4.31 Å². The van der Waals surface area contributed by atoms with Gasteiger partial charge < -0.3 is 9.47 Å². The molecule has 2 saturated heterocycles. The molecule has 0 amide bonds. The van der Waals surface area contributed by atoms with Crippen molar-refractivity contribution in [1.29, 1.82) is 0 Å². The number of benzene rings is 1. The number of rotatable bonds is 4. The Morgan fingerprint density at radius 1 is 1.08 bits per heavy atom. The molecular formula is C16H22N2O6S2. The van der Waals surface area contributed by atoms with E-state index in [1.54, 1.807) is 0 Å². The van der Waals surface area contributed by atoms with Crippen LogP contribution in [0.1, 0.15) is 12.0 Å². The van der Waals surface area contributed by atoms with Crippen molar-refractivity contribution in [2.45, 2.75) is 18.2 Å². The van der Waals surface area contributed by atoms with E-state index >= 15 is 0 Å². The summed E-state index contributed by atoms with van der Waals surface area (Å²) in [5, 5.41) is -0.784. The van der Waals surface area contributed by atoms with Gasteiger partial charge in [0.2, 0.25) is 16.8 Å². The molecule has 0 bridgehead atoms. The van der Waals surface area contributed by atoms with Gasteiger partial charge in [-0.15, -0.1) is 0 Å². The molecule has 0 radical (unpaired) electrons. The van der Waals surface area contributed by atoms with Crippen LogP contribution in [0.5, 0.6) is 11.5 Å². The number of nitrogens with zero attached hydrogens (tertiary/aromatic N) is 2. The maximum atomic E-state index is 12.7. The second kappa shape index (κ2) is 6.66. The molecule has 1 atom stereocenters. The Bertz CT molecular complexity index is 891. The summed E-state index contributed by atoms with van der Waals surface area (Å²) in [5.41, 5.74) is 1.09. The average molecular weight is 402 g/mol. The van der Waals surface area contributed by atoms with Crippen molar-refractivity contribution >= 4 is 19.9 Å². The molecule has 1 aromatic carbocycles. The summed E-state index contributed by atoms with van der Waals surface area (Å²) in [6.45, 7) is 2.97. The molecule has 26 heavy (non-hydrogen) atoms. The molecule has 1 aromatic rings. The van der Waals surface area contributed by atoms with Crippen LogP contribution in [0.3, 0.4) is 0 Å². The van der Waals surface area contributed by atoms with E-state index in [0.29, 0.717) is 32.7 Å². The second-order valence-corrected chi connectivity index (χ2v) is 11.4. The number of sulfonamides is 1. The van der Waals surface area contributed by atoms with Gasteiger partial charge in [-0.05, 0) is 24.1 Å². The SMILES string of the molecule is O=S1(=O)CC[C@H](S(=O)(=O)N2CCN(Cc3ccc4c(c3)OCO4)CC2)C1. The van der Waals surface area contributed by atoms with Gasteiger partial charge in [-0.3, -0.25) is 4.90 Å². The first-order valence-electron chi connectivity index (χ1n) is 8.64. The fourth-order valence-corrected chi connectivity index (χ4v) is 8.16. The molecule has 4 rings (SSSR count). The summed E-state index contributed by atoms with van der Waals surface area (Å²) >= 11 is 0. The van der Waals surface area contributed by atoms with Crippen LogP contribution in [0, 0.1) is 0 Å². The van der Waals surface area contributed by atoms with Crippen LogP contribution < -0.4 is 9.47 Å². The molecule has 10 heteroatoms. The predicted octanol–water partition coefficient (Wildman–Crippen LogP) is 0.0498. The van der Waals surface area contributed by atoms with Crippen molar-refractivity contribution in [1.82, 2.24) is 9.21 Å². The highest BCUT2D eigenvalue weighted by molar-refractivity contribution is 7.95. The van der Waals surface area contributed by atoms with Crippen LogP contribution in [-0.2, 0) is 26.4 Å². The second-order valence-electron chi connectivity index (χ2n) is 6.93. The first-order valence-corrected chi connectivity index (χ1v) is 12.0. The Hall–Kier alpha value is -1.36. The van der Waals surface area contributed by atoms with Gasteiger partial charge in [0.1, 0.15) is 0 Å². The lowest BCUT2D eigenvalue weighted by molar-refractivity contribution is 0.173. The molecule has 2 fully saturated rings.